The van der Waals surface area contributed by atoms with Gasteiger partial charge in [-0.2, -0.15) is 0 Å². The summed E-state index contributed by atoms with van der Waals surface area (Å²) in [5.41, 5.74) is 11.0. The number of amides is 1. The van der Waals surface area contributed by atoms with Crippen molar-refractivity contribution in [1.82, 2.24) is 4.90 Å². The summed E-state index contributed by atoms with van der Waals surface area (Å²) in [6.45, 7) is 3.61. The van der Waals surface area contributed by atoms with Gasteiger partial charge in [0, 0.05) is 25.0 Å². The molecule has 0 saturated heterocycles. The summed E-state index contributed by atoms with van der Waals surface area (Å²) in [4.78, 5) is 13.3. The van der Waals surface area contributed by atoms with Crippen molar-refractivity contribution < 1.29 is 4.79 Å². The van der Waals surface area contributed by atoms with Crippen LogP contribution in [0.4, 0.5) is 0 Å². The molecule has 0 radical (unpaired) electrons. The monoisotopic (exact) mass is 213 g/mol. The van der Waals surface area contributed by atoms with Crippen molar-refractivity contribution in [1.29, 1.82) is 0 Å². The lowest BCUT2D eigenvalue weighted by atomic mass is 10.1. The minimum absolute atomic E-state index is 0.135. The lowest BCUT2D eigenvalue weighted by Crippen LogP contribution is -2.47. The highest BCUT2D eigenvalue weighted by molar-refractivity contribution is 5.74. The lowest BCUT2D eigenvalue weighted by Gasteiger charge is -2.34. The second-order valence-corrected chi connectivity index (χ2v) is 4.33. The molecule has 1 aliphatic carbocycles. The van der Waals surface area contributed by atoms with Gasteiger partial charge in [-0.1, -0.05) is 19.8 Å². The molecule has 4 heteroatoms. The molecule has 1 amide bonds. The summed E-state index contributed by atoms with van der Waals surface area (Å²) >= 11 is 0. The maximum absolute atomic E-state index is 10.9. The Morgan fingerprint density at radius 1 is 1.47 bits per heavy atom. The zero-order valence-corrected chi connectivity index (χ0v) is 9.61. The Morgan fingerprint density at radius 3 is 2.47 bits per heavy atom. The molecule has 88 valence electrons. The molecule has 4 N–H and O–H groups in total. The van der Waals surface area contributed by atoms with Gasteiger partial charge >= 0.3 is 0 Å². The molecule has 0 bridgehead atoms. The summed E-state index contributed by atoms with van der Waals surface area (Å²) in [7, 11) is 0. The van der Waals surface area contributed by atoms with Crippen molar-refractivity contribution in [3.05, 3.63) is 0 Å². The fourth-order valence-electron chi connectivity index (χ4n) is 2.62. The van der Waals surface area contributed by atoms with E-state index in [1.807, 2.05) is 0 Å². The molecule has 0 heterocycles. The molecule has 1 unspecified atom stereocenters. The largest absolute Gasteiger partial charge is 0.370 e. The number of likely N-dealkylation sites (N-methyl/N-ethyl adjacent to an activating group) is 1. The Labute approximate surface area is 92.0 Å². The van der Waals surface area contributed by atoms with Gasteiger partial charge in [0.1, 0.15) is 0 Å². The Morgan fingerprint density at radius 2 is 2.07 bits per heavy atom. The van der Waals surface area contributed by atoms with Gasteiger partial charge in [0.05, 0.1) is 0 Å². The molecule has 0 aromatic rings. The topological polar surface area (TPSA) is 72.3 Å². The Bertz CT molecular complexity index is 202. The van der Waals surface area contributed by atoms with Crippen molar-refractivity contribution in [3.8, 4) is 0 Å². The zero-order valence-electron chi connectivity index (χ0n) is 9.61. The van der Waals surface area contributed by atoms with Crippen LogP contribution >= 0.6 is 0 Å². The third-order valence-corrected chi connectivity index (χ3v) is 3.34. The van der Waals surface area contributed by atoms with Crippen LogP contribution in [0.1, 0.15) is 39.0 Å². The first-order valence-corrected chi connectivity index (χ1v) is 5.93. The van der Waals surface area contributed by atoms with Gasteiger partial charge in [-0.25, -0.2) is 0 Å². The van der Waals surface area contributed by atoms with Crippen LogP contribution in [0.3, 0.4) is 0 Å². The highest BCUT2D eigenvalue weighted by atomic mass is 16.1. The molecule has 1 fully saturated rings. The van der Waals surface area contributed by atoms with E-state index in [1.54, 1.807) is 0 Å². The maximum atomic E-state index is 10.9. The smallest absolute Gasteiger partial charge is 0.219 e. The average Bonchev–Trinajstić information content (AvgIpc) is 2.70. The summed E-state index contributed by atoms with van der Waals surface area (Å²) < 4.78 is 0. The summed E-state index contributed by atoms with van der Waals surface area (Å²) in [5.74, 6) is -0.248. The first-order chi connectivity index (χ1) is 7.19. The van der Waals surface area contributed by atoms with E-state index >= 15 is 0 Å². The third kappa shape index (κ3) is 3.47. The zero-order chi connectivity index (χ0) is 11.3. The van der Waals surface area contributed by atoms with Crippen LogP contribution in [-0.4, -0.2) is 36.0 Å². The van der Waals surface area contributed by atoms with Crippen molar-refractivity contribution >= 4 is 5.91 Å². The van der Waals surface area contributed by atoms with Crippen LogP contribution in [0.25, 0.3) is 0 Å². The number of carbonyl (C=O) groups excluding carboxylic acids is 1. The van der Waals surface area contributed by atoms with Gasteiger partial charge in [-0.15, -0.1) is 0 Å². The highest BCUT2D eigenvalue weighted by Crippen LogP contribution is 2.25. The number of hydrogen-bond donors (Lipinski definition) is 2. The minimum Gasteiger partial charge on any atom is -0.370 e. The van der Waals surface area contributed by atoms with Gasteiger partial charge in [0.15, 0.2) is 0 Å². The second kappa shape index (κ2) is 6.08. The van der Waals surface area contributed by atoms with Gasteiger partial charge in [0.2, 0.25) is 5.91 Å². The number of hydrogen-bond acceptors (Lipinski definition) is 3. The first kappa shape index (κ1) is 12.5. The number of nitrogens with two attached hydrogens (primary N) is 2. The number of primary amides is 1. The molecule has 1 saturated carbocycles. The number of rotatable bonds is 6. The molecule has 0 aromatic carbocycles. The fourth-order valence-corrected chi connectivity index (χ4v) is 2.62. The van der Waals surface area contributed by atoms with Crippen LogP contribution in [0, 0.1) is 0 Å². The Hall–Kier alpha value is -0.610. The molecule has 0 spiro atoms. The molecule has 1 aliphatic rings. The SMILES string of the molecule is CCN(C1CCCC1)C(CN)CC(N)=O. The fraction of sp³-hybridized carbons (Fsp3) is 0.909. The number of carbonyl (C=O) groups is 1. The molecule has 4 nitrogen and oxygen atoms in total. The van der Waals surface area contributed by atoms with E-state index in [1.165, 1.54) is 25.7 Å². The van der Waals surface area contributed by atoms with Crippen LogP contribution < -0.4 is 11.5 Å². The summed E-state index contributed by atoms with van der Waals surface area (Å²) in [6.07, 6.45) is 5.47. The van der Waals surface area contributed by atoms with E-state index in [-0.39, 0.29) is 11.9 Å². The van der Waals surface area contributed by atoms with Crippen molar-refractivity contribution in [3.63, 3.8) is 0 Å². The van der Waals surface area contributed by atoms with Crippen LogP contribution in [0.2, 0.25) is 0 Å². The van der Waals surface area contributed by atoms with Crippen LogP contribution in [0.15, 0.2) is 0 Å². The van der Waals surface area contributed by atoms with E-state index in [4.69, 9.17) is 11.5 Å². The second-order valence-electron chi connectivity index (χ2n) is 4.33. The Balaban J connectivity index is 2.56. The van der Waals surface area contributed by atoms with Gasteiger partial charge < -0.3 is 11.5 Å². The van der Waals surface area contributed by atoms with Gasteiger partial charge in [-0.3, -0.25) is 9.69 Å². The maximum Gasteiger partial charge on any atom is 0.219 e. The predicted octanol–water partition coefficient (Wildman–Crippen LogP) is 0.454. The van der Waals surface area contributed by atoms with Crippen LogP contribution in [-0.2, 0) is 4.79 Å². The van der Waals surface area contributed by atoms with Crippen molar-refractivity contribution in [2.45, 2.75) is 51.1 Å². The minimum atomic E-state index is -0.248. The van der Waals surface area contributed by atoms with Crippen molar-refractivity contribution in [2.24, 2.45) is 11.5 Å². The molecule has 15 heavy (non-hydrogen) atoms. The highest BCUT2D eigenvalue weighted by Gasteiger charge is 2.27. The van der Waals surface area contributed by atoms with Crippen molar-refractivity contribution in [2.75, 3.05) is 13.1 Å². The molecular weight excluding hydrogens is 190 g/mol. The van der Waals surface area contributed by atoms with E-state index in [0.717, 1.165) is 6.54 Å². The van der Waals surface area contributed by atoms with E-state index in [9.17, 15) is 4.79 Å². The summed E-state index contributed by atoms with van der Waals surface area (Å²) in [6, 6.07) is 0.749. The molecular formula is C11H23N3O. The van der Waals surface area contributed by atoms with Gasteiger partial charge in [0.25, 0.3) is 0 Å². The quantitative estimate of drug-likeness (QED) is 0.673. The lowest BCUT2D eigenvalue weighted by molar-refractivity contribution is -0.119. The first-order valence-electron chi connectivity index (χ1n) is 5.93. The van der Waals surface area contributed by atoms with Crippen LogP contribution in [0.5, 0.6) is 0 Å². The number of nitrogens with zero attached hydrogens (tertiary/aromatic N) is 1. The van der Waals surface area contributed by atoms with E-state index in [2.05, 4.69) is 11.8 Å². The molecule has 0 aliphatic heterocycles. The third-order valence-electron chi connectivity index (χ3n) is 3.34. The van der Waals surface area contributed by atoms with E-state index < -0.39 is 0 Å². The molecule has 0 aromatic heterocycles. The Kier molecular flexibility index (Phi) is 5.05. The van der Waals surface area contributed by atoms with Gasteiger partial charge in [-0.05, 0) is 19.4 Å². The predicted molar refractivity (Wildman–Crippen MR) is 61.3 cm³/mol. The normalized spacial score (nSPS) is 19.7. The molecule has 1 rings (SSSR count). The summed E-state index contributed by atoms with van der Waals surface area (Å²) in [5, 5.41) is 0. The van der Waals surface area contributed by atoms with E-state index in [0.29, 0.717) is 19.0 Å². The average molecular weight is 213 g/mol. The standard InChI is InChI=1S/C11H23N3O/c1-2-14(9-5-3-4-6-9)10(8-12)7-11(13)15/h9-10H,2-8,12H2,1H3,(H2,13,15). The molecule has 1 atom stereocenters.